The molecular weight excluding hydrogens is 557 g/mol. The molecule has 11 heteroatoms. The standard InChI is InChI=1S/C20H29F3N4O.C8H12N2.C2H4O.C2H4/c1-4-5-19(25-13-14(2)20(21,22)23)27-17-7-6-16(12-18(17)28-3)26-15-8-10-24-11-9-15;1-9-7-4-3-5-8(6-7)10-2;1-2-3;1-2/h6-7,12-13,15,24,26H,4-5,8-11H2,1-3H3,(H,25,27);3-6,9-10H,1-2H3;2H,1H3;1-2H2/b14-13+;;;. The van der Waals surface area contributed by atoms with E-state index >= 15 is 0 Å². The number of piperidine rings is 1. The van der Waals surface area contributed by atoms with Gasteiger partial charge in [-0.3, -0.25) is 0 Å². The molecule has 5 N–H and O–H groups in total. The molecule has 0 unspecified atom stereocenters. The predicted octanol–water partition coefficient (Wildman–Crippen LogP) is 7.71. The van der Waals surface area contributed by atoms with Gasteiger partial charge in [0.2, 0.25) is 0 Å². The summed E-state index contributed by atoms with van der Waals surface area (Å²) < 4.78 is 43.5. The lowest BCUT2D eigenvalue weighted by atomic mass is 10.1. The largest absolute Gasteiger partial charge is 0.494 e. The number of nitrogens with one attached hydrogen (secondary N) is 5. The van der Waals surface area contributed by atoms with Gasteiger partial charge in [0.05, 0.1) is 12.8 Å². The lowest BCUT2D eigenvalue weighted by molar-refractivity contribution is -0.106. The van der Waals surface area contributed by atoms with Crippen molar-refractivity contribution in [3.05, 3.63) is 67.4 Å². The summed E-state index contributed by atoms with van der Waals surface area (Å²) in [4.78, 5) is 12.8. The molecule has 0 atom stereocenters. The average molecular weight is 607 g/mol. The summed E-state index contributed by atoms with van der Waals surface area (Å²) in [6.45, 7) is 12.4. The molecule has 1 fully saturated rings. The zero-order valence-corrected chi connectivity index (χ0v) is 26.3. The number of alkyl halides is 3. The molecule has 0 amide bonds. The summed E-state index contributed by atoms with van der Waals surface area (Å²) in [6, 6.07) is 14.2. The van der Waals surface area contributed by atoms with Gasteiger partial charge >= 0.3 is 6.18 Å². The van der Waals surface area contributed by atoms with Crippen LogP contribution in [0.15, 0.2) is 72.4 Å². The number of methoxy groups -OCH3 is 1. The summed E-state index contributed by atoms with van der Waals surface area (Å²) in [5, 5.41) is 16.1. The number of carbonyl (C=O) groups is 1. The second-order valence-electron chi connectivity index (χ2n) is 9.16. The first-order chi connectivity index (χ1) is 20.6. The number of aldehydes is 1. The molecule has 2 aromatic rings. The van der Waals surface area contributed by atoms with Gasteiger partial charge in [-0.25, -0.2) is 4.99 Å². The second-order valence-corrected chi connectivity index (χ2v) is 9.16. The van der Waals surface area contributed by atoms with Gasteiger partial charge in [-0.15, -0.1) is 13.2 Å². The molecule has 8 nitrogen and oxygen atoms in total. The van der Waals surface area contributed by atoms with Gasteiger partial charge in [-0.2, -0.15) is 13.2 Å². The quantitative estimate of drug-likeness (QED) is 0.0863. The first kappa shape index (κ1) is 39.0. The maximum Gasteiger partial charge on any atom is 0.413 e. The van der Waals surface area contributed by atoms with Gasteiger partial charge < -0.3 is 36.1 Å². The Morgan fingerprint density at radius 1 is 1.07 bits per heavy atom. The molecule has 0 radical (unpaired) electrons. The third-order valence-electron chi connectivity index (χ3n) is 5.98. The van der Waals surface area contributed by atoms with E-state index in [4.69, 9.17) is 9.53 Å². The number of ether oxygens (including phenoxy) is 1. The van der Waals surface area contributed by atoms with Crippen LogP contribution >= 0.6 is 0 Å². The fourth-order valence-corrected chi connectivity index (χ4v) is 3.72. The van der Waals surface area contributed by atoms with Gasteiger partial charge in [0.1, 0.15) is 17.9 Å². The number of halogens is 3. The fraction of sp³-hybridized carbons (Fsp3) is 0.438. The molecule has 1 aliphatic rings. The van der Waals surface area contributed by atoms with Crippen molar-refractivity contribution in [2.45, 2.75) is 58.7 Å². The topological polar surface area (TPSA) is 98.8 Å². The summed E-state index contributed by atoms with van der Waals surface area (Å²) in [6.07, 6.45) is 0.626. The number of hydrogen-bond acceptors (Lipinski definition) is 7. The first-order valence-corrected chi connectivity index (χ1v) is 14.2. The van der Waals surface area contributed by atoms with Crippen LogP contribution in [0.4, 0.5) is 35.9 Å². The Bertz CT molecular complexity index is 1100. The van der Waals surface area contributed by atoms with E-state index in [0.717, 1.165) is 68.8 Å². The van der Waals surface area contributed by atoms with E-state index in [2.05, 4.69) is 50.8 Å². The molecule has 0 bridgehead atoms. The van der Waals surface area contributed by atoms with Crippen LogP contribution in [0.1, 0.15) is 46.5 Å². The zero-order chi connectivity index (χ0) is 32.7. The third kappa shape index (κ3) is 16.3. The molecule has 43 heavy (non-hydrogen) atoms. The molecule has 1 heterocycles. The zero-order valence-electron chi connectivity index (χ0n) is 26.3. The van der Waals surface area contributed by atoms with Gasteiger partial charge in [0, 0.05) is 61.5 Å². The van der Waals surface area contributed by atoms with E-state index in [1.54, 1.807) is 7.11 Å². The summed E-state index contributed by atoms with van der Waals surface area (Å²) in [5.74, 6) is 1.07. The Hall–Kier alpha value is -3.99. The molecule has 0 saturated carbocycles. The van der Waals surface area contributed by atoms with E-state index in [0.29, 0.717) is 29.7 Å². The summed E-state index contributed by atoms with van der Waals surface area (Å²) in [7, 11) is 5.39. The number of rotatable bonds is 9. The molecule has 240 valence electrons. The Morgan fingerprint density at radius 3 is 2.14 bits per heavy atom. The number of amidine groups is 1. The fourth-order valence-electron chi connectivity index (χ4n) is 3.72. The number of anilines is 4. The van der Waals surface area contributed by atoms with Crippen LogP contribution < -0.4 is 31.3 Å². The highest BCUT2D eigenvalue weighted by molar-refractivity contribution is 5.97. The van der Waals surface area contributed by atoms with Crippen LogP contribution in [0.5, 0.6) is 5.75 Å². The van der Waals surface area contributed by atoms with Crippen molar-refractivity contribution in [1.29, 1.82) is 0 Å². The number of allylic oxidation sites excluding steroid dienone is 1. The van der Waals surface area contributed by atoms with Gasteiger partial charge in [0.25, 0.3) is 0 Å². The maximum absolute atomic E-state index is 12.7. The van der Waals surface area contributed by atoms with Crippen LogP contribution in [-0.2, 0) is 4.79 Å². The van der Waals surface area contributed by atoms with Crippen LogP contribution in [0.25, 0.3) is 0 Å². The number of aliphatic imine (C=N–C) groups is 1. The molecule has 0 aliphatic carbocycles. The minimum Gasteiger partial charge on any atom is -0.494 e. The Morgan fingerprint density at radius 2 is 1.65 bits per heavy atom. The van der Waals surface area contributed by atoms with Crippen LogP contribution in [0, 0.1) is 0 Å². The Labute approximate surface area is 255 Å². The van der Waals surface area contributed by atoms with E-state index in [-0.39, 0.29) is 0 Å². The van der Waals surface area contributed by atoms with Gasteiger partial charge in [0.15, 0.2) is 0 Å². The normalized spacial score (nSPS) is 13.4. The number of nitrogens with zero attached hydrogens (tertiary/aromatic N) is 1. The highest BCUT2D eigenvalue weighted by atomic mass is 19.4. The monoisotopic (exact) mass is 606 g/mol. The molecule has 1 saturated heterocycles. The highest BCUT2D eigenvalue weighted by Crippen LogP contribution is 2.30. The second kappa shape index (κ2) is 22.6. The van der Waals surface area contributed by atoms with Crippen molar-refractivity contribution in [1.82, 2.24) is 5.32 Å². The van der Waals surface area contributed by atoms with Crippen molar-refractivity contribution in [3.63, 3.8) is 0 Å². The van der Waals surface area contributed by atoms with E-state index < -0.39 is 11.7 Å². The lowest BCUT2D eigenvalue weighted by Crippen LogP contribution is -2.35. The maximum atomic E-state index is 12.7. The Kier molecular flexibility index (Phi) is 20.5. The minimum atomic E-state index is -4.37. The van der Waals surface area contributed by atoms with E-state index in [1.165, 1.54) is 6.92 Å². The van der Waals surface area contributed by atoms with Crippen molar-refractivity contribution in [2.75, 3.05) is 55.6 Å². The van der Waals surface area contributed by atoms with Crippen molar-refractivity contribution in [3.8, 4) is 5.75 Å². The number of benzene rings is 2. The Balaban J connectivity index is 0.000000971. The average Bonchev–Trinajstić information content (AvgIpc) is 3.02. The van der Waals surface area contributed by atoms with Crippen molar-refractivity contribution in [2.24, 2.45) is 4.99 Å². The third-order valence-corrected chi connectivity index (χ3v) is 5.98. The minimum absolute atomic E-state index is 0.414. The molecule has 1 aliphatic heterocycles. The van der Waals surface area contributed by atoms with Crippen LogP contribution in [0.3, 0.4) is 0 Å². The lowest BCUT2D eigenvalue weighted by Gasteiger charge is -2.25. The van der Waals surface area contributed by atoms with E-state index in [1.807, 2.05) is 57.4 Å². The summed E-state index contributed by atoms with van der Waals surface area (Å²) in [5.41, 5.74) is 3.15. The summed E-state index contributed by atoms with van der Waals surface area (Å²) >= 11 is 0. The van der Waals surface area contributed by atoms with Crippen molar-refractivity contribution < 1.29 is 22.7 Å². The smallest absolute Gasteiger partial charge is 0.413 e. The van der Waals surface area contributed by atoms with E-state index in [9.17, 15) is 13.2 Å². The molecule has 2 aromatic carbocycles. The van der Waals surface area contributed by atoms with Gasteiger partial charge in [-0.1, -0.05) is 13.0 Å². The molecular formula is C32H49F3N6O2. The van der Waals surface area contributed by atoms with Crippen LogP contribution in [0.2, 0.25) is 0 Å². The predicted molar refractivity (Wildman–Crippen MR) is 177 cm³/mol. The van der Waals surface area contributed by atoms with Crippen LogP contribution in [-0.4, -0.2) is 58.6 Å². The van der Waals surface area contributed by atoms with Crippen molar-refractivity contribution >= 4 is 34.9 Å². The first-order valence-electron chi connectivity index (χ1n) is 14.2. The van der Waals surface area contributed by atoms with Gasteiger partial charge in [-0.05, 0) is 76.5 Å². The molecule has 0 aromatic heterocycles. The molecule has 0 spiro atoms. The molecule has 3 rings (SSSR count). The number of hydrogen-bond donors (Lipinski definition) is 5. The highest BCUT2D eigenvalue weighted by Gasteiger charge is 2.29. The number of carbonyl (C=O) groups excluding carboxylic acids is 1. The SMILES string of the molecule is C=C.CC=O.CCCC(=N/C=C(\C)C(F)(F)F)Nc1ccc(NC2CCNCC2)cc1OC.CNc1cccc(NC)c1.